The lowest BCUT2D eigenvalue weighted by Gasteiger charge is -2.18. The van der Waals surface area contributed by atoms with Gasteiger partial charge in [-0.3, -0.25) is 0 Å². The normalized spacial score (nSPS) is 18.9. The number of nitrogens with two attached hydrogens (primary N) is 1. The van der Waals surface area contributed by atoms with Crippen LogP contribution < -0.4 is 5.73 Å². The van der Waals surface area contributed by atoms with Gasteiger partial charge in [-0.1, -0.05) is 45.0 Å². The van der Waals surface area contributed by atoms with Crippen LogP contribution in [0.5, 0.6) is 0 Å². The summed E-state index contributed by atoms with van der Waals surface area (Å²) in [7, 11) is 0. The van der Waals surface area contributed by atoms with Gasteiger partial charge >= 0.3 is 0 Å². The average molecular weight is 203 g/mol. The van der Waals surface area contributed by atoms with Gasteiger partial charge in [0, 0.05) is 5.54 Å². The van der Waals surface area contributed by atoms with Crippen LogP contribution in [0.25, 0.3) is 0 Å². The molecule has 0 aliphatic heterocycles. The summed E-state index contributed by atoms with van der Waals surface area (Å²) in [5.74, 6) is 0. The van der Waals surface area contributed by atoms with E-state index in [4.69, 9.17) is 5.73 Å². The van der Waals surface area contributed by atoms with Gasteiger partial charge in [0.05, 0.1) is 0 Å². The molecule has 1 nitrogen and oxygen atoms in total. The van der Waals surface area contributed by atoms with E-state index in [1.54, 1.807) is 0 Å². The summed E-state index contributed by atoms with van der Waals surface area (Å²) in [5, 5.41) is 0. The molecule has 2 rings (SSSR count). The third kappa shape index (κ3) is 2.60. The zero-order chi connectivity index (χ0) is 11.1. The summed E-state index contributed by atoms with van der Waals surface area (Å²) in [6, 6.07) is 8.86. The maximum Gasteiger partial charge on any atom is 0.0411 e. The van der Waals surface area contributed by atoms with Gasteiger partial charge in [0.15, 0.2) is 0 Å². The maximum absolute atomic E-state index is 6.15. The Kier molecular flexibility index (Phi) is 2.38. The zero-order valence-electron chi connectivity index (χ0n) is 10.0. The summed E-state index contributed by atoms with van der Waals surface area (Å²) < 4.78 is 0. The Hall–Kier alpha value is -0.820. The van der Waals surface area contributed by atoms with Crippen molar-refractivity contribution in [3.8, 4) is 0 Å². The van der Waals surface area contributed by atoms with Crippen molar-refractivity contribution in [3.63, 3.8) is 0 Å². The average Bonchev–Trinajstić information content (AvgIpc) is 2.83. The smallest absolute Gasteiger partial charge is 0.0411 e. The first-order valence-electron chi connectivity index (χ1n) is 5.77. The Morgan fingerprint density at radius 1 is 1.13 bits per heavy atom. The van der Waals surface area contributed by atoms with Crippen LogP contribution in [0.1, 0.15) is 44.7 Å². The molecule has 1 aromatic rings. The molecule has 1 heteroatoms. The van der Waals surface area contributed by atoms with Crippen molar-refractivity contribution < 1.29 is 0 Å². The van der Waals surface area contributed by atoms with Crippen molar-refractivity contribution in [2.24, 2.45) is 11.1 Å². The first-order valence-corrected chi connectivity index (χ1v) is 5.77. The van der Waals surface area contributed by atoms with E-state index in [2.05, 4.69) is 45.0 Å². The number of benzene rings is 1. The van der Waals surface area contributed by atoms with Crippen molar-refractivity contribution >= 4 is 0 Å². The minimum Gasteiger partial charge on any atom is -0.321 e. The Labute approximate surface area is 92.7 Å². The molecule has 0 aromatic heterocycles. The van der Waals surface area contributed by atoms with Crippen molar-refractivity contribution in [2.75, 3.05) is 0 Å². The molecule has 2 N–H and O–H groups in total. The Bertz CT molecular complexity index is 339. The molecule has 1 aliphatic carbocycles. The molecule has 0 amide bonds. The zero-order valence-corrected chi connectivity index (χ0v) is 10.0. The molecule has 0 unspecified atom stereocenters. The highest BCUT2D eigenvalue weighted by Gasteiger charge is 2.39. The van der Waals surface area contributed by atoms with Gasteiger partial charge in [-0.2, -0.15) is 0 Å². The van der Waals surface area contributed by atoms with Crippen LogP contribution in [0, 0.1) is 5.41 Å². The minimum atomic E-state index is 0.0141. The van der Waals surface area contributed by atoms with Gasteiger partial charge in [0.1, 0.15) is 0 Å². The highest BCUT2D eigenvalue weighted by molar-refractivity contribution is 5.32. The highest BCUT2D eigenvalue weighted by Crippen LogP contribution is 2.42. The van der Waals surface area contributed by atoms with E-state index in [-0.39, 0.29) is 5.54 Å². The third-order valence-electron chi connectivity index (χ3n) is 3.05. The van der Waals surface area contributed by atoms with Gasteiger partial charge in [0.25, 0.3) is 0 Å². The fourth-order valence-electron chi connectivity index (χ4n) is 1.99. The first kappa shape index (κ1) is 10.7. The highest BCUT2D eigenvalue weighted by atomic mass is 14.8. The molecule has 1 saturated carbocycles. The van der Waals surface area contributed by atoms with Crippen LogP contribution in [-0.2, 0) is 12.0 Å². The largest absolute Gasteiger partial charge is 0.321 e. The number of rotatable bonds is 2. The summed E-state index contributed by atoms with van der Waals surface area (Å²) in [5.41, 5.74) is 9.24. The molecule has 1 fully saturated rings. The van der Waals surface area contributed by atoms with Gasteiger partial charge in [-0.25, -0.2) is 0 Å². The van der Waals surface area contributed by atoms with Crippen LogP contribution in [0.15, 0.2) is 24.3 Å². The topological polar surface area (TPSA) is 26.0 Å². The summed E-state index contributed by atoms with van der Waals surface area (Å²) in [6.45, 7) is 6.81. The summed E-state index contributed by atoms with van der Waals surface area (Å²) in [4.78, 5) is 0. The molecule has 1 aliphatic rings. The van der Waals surface area contributed by atoms with Crippen LogP contribution in [0.3, 0.4) is 0 Å². The summed E-state index contributed by atoms with van der Waals surface area (Å²) >= 11 is 0. The molecule has 0 heterocycles. The second kappa shape index (κ2) is 3.34. The number of hydrogen-bond acceptors (Lipinski definition) is 1. The van der Waals surface area contributed by atoms with Crippen molar-refractivity contribution in [3.05, 3.63) is 35.4 Å². The van der Waals surface area contributed by atoms with Gasteiger partial charge < -0.3 is 5.73 Å². The van der Waals surface area contributed by atoms with E-state index in [1.807, 2.05) is 0 Å². The van der Waals surface area contributed by atoms with Crippen LogP contribution in [0.2, 0.25) is 0 Å². The predicted octanol–water partition coefficient (Wildman–Crippen LogP) is 3.22. The van der Waals surface area contributed by atoms with Crippen molar-refractivity contribution in [1.29, 1.82) is 0 Å². The van der Waals surface area contributed by atoms with E-state index >= 15 is 0 Å². The fraction of sp³-hybridized carbons (Fsp3) is 0.571. The third-order valence-corrected chi connectivity index (χ3v) is 3.05. The molecular weight excluding hydrogens is 182 g/mol. The van der Waals surface area contributed by atoms with Gasteiger partial charge in [-0.15, -0.1) is 0 Å². The van der Waals surface area contributed by atoms with Gasteiger partial charge in [-0.05, 0) is 35.8 Å². The standard InChI is InChI=1S/C14H21N/c1-13(2,3)10-11-4-6-12(7-5-11)14(15)8-9-14/h4-7H,8-10,15H2,1-3H3. The number of hydrogen-bond donors (Lipinski definition) is 1. The summed E-state index contributed by atoms with van der Waals surface area (Å²) in [6.07, 6.45) is 3.42. The molecular formula is C14H21N. The Morgan fingerprint density at radius 2 is 1.67 bits per heavy atom. The second-order valence-corrected chi connectivity index (χ2v) is 6.09. The maximum atomic E-state index is 6.15. The fourth-order valence-corrected chi connectivity index (χ4v) is 1.99. The molecule has 82 valence electrons. The van der Waals surface area contributed by atoms with Crippen LogP contribution in [0.4, 0.5) is 0 Å². The molecule has 0 bridgehead atoms. The van der Waals surface area contributed by atoms with Gasteiger partial charge in [0.2, 0.25) is 0 Å². The Balaban J connectivity index is 2.11. The van der Waals surface area contributed by atoms with E-state index in [0.717, 1.165) is 19.3 Å². The van der Waals surface area contributed by atoms with E-state index in [0.29, 0.717) is 5.41 Å². The lowest BCUT2D eigenvalue weighted by atomic mass is 9.87. The Morgan fingerprint density at radius 3 is 2.07 bits per heavy atom. The molecule has 15 heavy (non-hydrogen) atoms. The monoisotopic (exact) mass is 203 g/mol. The van der Waals surface area contributed by atoms with Crippen molar-refractivity contribution in [2.45, 2.75) is 45.6 Å². The van der Waals surface area contributed by atoms with Crippen LogP contribution in [-0.4, -0.2) is 0 Å². The van der Waals surface area contributed by atoms with Crippen LogP contribution >= 0.6 is 0 Å². The minimum absolute atomic E-state index is 0.0141. The predicted molar refractivity (Wildman–Crippen MR) is 64.7 cm³/mol. The quantitative estimate of drug-likeness (QED) is 0.784. The van der Waals surface area contributed by atoms with E-state index in [1.165, 1.54) is 11.1 Å². The van der Waals surface area contributed by atoms with Crippen molar-refractivity contribution in [1.82, 2.24) is 0 Å². The van der Waals surface area contributed by atoms with E-state index < -0.39 is 0 Å². The SMILES string of the molecule is CC(C)(C)Cc1ccc(C2(N)CC2)cc1. The molecule has 0 spiro atoms. The lowest BCUT2D eigenvalue weighted by Crippen LogP contribution is -2.18. The molecule has 0 saturated heterocycles. The van der Waals surface area contributed by atoms with E-state index in [9.17, 15) is 0 Å². The second-order valence-electron chi connectivity index (χ2n) is 6.09. The molecule has 0 radical (unpaired) electrons. The first-order chi connectivity index (χ1) is 6.89. The molecule has 1 aromatic carbocycles. The molecule has 0 atom stereocenters. The lowest BCUT2D eigenvalue weighted by molar-refractivity contribution is 0.411.